The van der Waals surface area contributed by atoms with Crippen LogP contribution in [-0.4, -0.2) is 40.9 Å². The van der Waals surface area contributed by atoms with E-state index in [-0.39, 0.29) is 12.6 Å². The summed E-state index contributed by atoms with van der Waals surface area (Å²) >= 11 is 0. The quantitative estimate of drug-likeness (QED) is 0.508. The van der Waals surface area contributed by atoms with E-state index >= 15 is 0 Å². The Morgan fingerprint density at radius 1 is 1.80 bits per heavy atom. The Kier molecular flexibility index (Phi) is 2.17. The van der Waals surface area contributed by atoms with Gasteiger partial charge in [-0.2, -0.15) is 0 Å². The molecule has 1 amide bonds. The average molecular weight is 216 g/mol. The van der Waals surface area contributed by atoms with Crippen molar-refractivity contribution in [2.45, 2.75) is 31.4 Å². The number of fused-ring (bicyclic) bond motifs is 1. The molecule has 7 heteroatoms. The number of carbonyl (C=O) groups is 1. The number of hydrogen-bond donors (Lipinski definition) is 0. The average Bonchev–Trinajstić information content (AvgIpc) is 2.70. The standard InChI is InChI=1S/C8H12N2O5/c1-8(5-14-10(12)13)6-3-2-4-9(6)7(11)15-8/h6H,2-5H2,1H3/t6-,8-/m0/s1. The van der Waals surface area contributed by atoms with Crippen LogP contribution in [0, 0.1) is 10.1 Å². The van der Waals surface area contributed by atoms with Crippen LogP contribution in [0.2, 0.25) is 0 Å². The van der Waals surface area contributed by atoms with Gasteiger partial charge in [-0.15, -0.1) is 10.1 Å². The lowest BCUT2D eigenvalue weighted by atomic mass is 9.96. The van der Waals surface area contributed by atoms with E-state index in [1.54, 1.807) is 11.8 Å². The van der Waals surface area contributed by atoms with E-state index in [1.807, 2.05) is 0 Å². The van der Waals surface area contributed by atoms with Gasteiger partial charge < -0.3 is 14.5 Å². The van der Waals surface area contributed by atoms with Crippen molar-refractivity contribution in [1.29, 1.82) is 0 Å². The summed E-state index contributed by atoms with van der Waals surface area (Å²) in [5, 5.41) is 9.24. The fraction of sp³-hybridized carbons (Fsp3) is 0.875. The molecule has 84 valence electrons. The Labute approximate surface area is 86.0 Å². The van der Waals surface area contributed by atoms with Gasteiger partial charge in [0.1, 0.15) is 6.61 Å². The summed E-state index contributed by atoms with van der Waals surface area (Å²) < 4.78 is 5.12. The SMILES string of the molecule is C[C@@]1(CO[N+](=O)[O-])OC(=O)N2CCC[C@H]21. The summed E-state index contributed by atoms with van der Waals surface area (Å²) in [6.07, 6.45) is 1.32. The van der Waals surface area contributed by atoms with Crippen LogP contribution in [-0.2, 0) is 9.57 Å². The molecule has 0 aliphatic carbocycles. The highest BCUT2D eigenvalue weighted by Crippen LogP contribution is 2.36. The molecule has 2 rings (SSSR count). The maximum atomic E-state index is 11.4. The van der Waals surface area contributed by atoms with Gasteiger partial charge in [0.25, 0.3) is 5.09 Å². The molecule has 2 heterocycles. The first-order valence-electron chi connectivity index (χ1n) is 4.80. The van der Waals surface area contributed by atoms with Crippen molar-refractivity contribution in [2.24, 2.45) is 0 Å². The predicted octanol–water partition coefficient (Wildman–Crippen LogP) is 0.568. The maximum absolute atomic E-state index is 11.4. The summed E-state index contributed by atoms with van der Waals surface area (Å²) in [5.41, 5.74) is -0.888. The number of carbonyl (C=O) groups excluding carboxylic acids is 1. The fourth-order valence-electron chi connectivity index (χ4n) is 2.25. The lowest BCUT2D eigenvalue weighted by molar-refractivity contribution is -0.760. The lowest BCUT2D eigenvalue weighted by Crippen LogP contribution is -2.43. The zero-order chi connectivity index (χ0) is 11.1. The van der Waals surface area contributed by atoms with Crippen LogP contribution in [0.5, 0.6) is 0 Å². The zero-order valence-corrected chi connectivity index (χ0v) is 8.34. The van der Waals surface area contributed by atoms with Crippen molar-refractivity contribution in [2.75, 3.05) is 13.2 Å². The van der Waals surface area contributed by atoms with Gasteiger partial charge in [-0.3, -0.25) is 0 Å². The molecule has 0 saturated carbocycles. The van der Waals surface area contributed by atoms with Crippen LogP contribution in [0.25, 0.3) is 0 Å². The van der Waals surface area contributed by atoms with Gasteiger partial charge in [0.05, 0.1) is 6.04 Å². The Balaban J connectivity index is 2.07. The van der Waals surface area contributed by atoms with E-state index in [4.69, 9.17) is 4.74 Å². The Hall–Kier alpha value is -1.53. The number of nitrogens with zero attached hydrogens (tertiary/aromatic N) is 2. The number of hydrogen-bond acceptors (Lipinski definition) is 5. The third-order valence-electron chi connectivity index (χ3n) is 2.97. The summed E-state index contributed by atoms with van der Waals surface area (Å²) in [5.74, 6) is 0. The van der Waals surface area contributed by atoms with Gasteiger partial charge in [-0.05, 0) is 19.8 Å². The molecule has 0 aromatic carbocycles. The Morgan fingerprint density at radius 2 is 2.53 bits per heavy atom. The van der Waals surface area contributed by atoms with Crippen molar-refractivity contribution in [3.8, 4) is 0 Å². The van der Waals surface area contributed by atoms with Gasteiger partial charge in [0.15, 0.2) is 5.60 Å². The molecular formula is C8H12N2O5. The van der Waals surface area contributed by atoms with Crippen molar-refractivity contribution in [3.63, 3.8) is 0 Å². The molecule has 7 nitrogen and oxygen atoms in total. The van der Waals surface area contributed by atoms with E-state index in [0.29, 0.717) is 6.54 Å². The van der Waals surface area contributed by atoms with Gasteiger partial charge in [-0.1, -0.05) is 0 Å². The van der Waals surface area contributed by atoms with Crippen LogP contribution in [0.3, 0.4) is 0 Å². The van der Waals surface area contributed by atoms with Crippen LogP contribution in [0.1, 0.15) is 19.8 Å². The molecule has 2 fully saturated rings. The van der Waals surface area contributed by atoms with E-state index in [9.17, 15) is 14.9 Å². The molecule has 15 heavy (non-hydrogen) atoms. The molecule has 0 unspecified atom stereocenters. The molecule has 2 aliphatic heterocycles. The molecule has 2 saturated heterocycles. The van der Waals surface area contributed by atoms with Gasteiger partial charge >= 0.3 is 6.09 Å². The molecule has 0 aromatic heterocycles. The van der Waals surface area contributed by atoms with Crippen LogP contribution in [0.4, 0.5) is 4.79 Å². The summed E-state index contributed by atoms with van der Waals surface area (Å²) in [6.45, 7) is 2.13. The predicted molar refractivity (Wildman–Crippen MR) is 47.6 cm³/mol. The normalized spacial score (nSPS) is 33.8. The van der Waals surface area contributed by atoms with E-state index in [2.05, 4.69) is 4.84 Å². The van der Waals surface area contributed by atoms with Crippen LogP contribution < -0.4 is 0 Å². The number of rotatable bonds is 3. The van der Waals surface area contributed by atoms with Crippen molar-refractivity contribution < 1.29 is 19.5 Å². The second-order valence-corrected chi connectivity index (χ2v) is 4.03. The Morgan fingerprint density at radius 3 is 3.20 bits per heavy atom. The maximum Gasteiger partial charge on any atom is 0.410 e. The highest BCUT2D eigenvalue weighted by molar-refractivity contribution is 5.72. The second kappa shape index (κ2) is 3.25. The minimum atomic E-state index is -0.888. The first kappa shape index (κ1) is 10.0. The molecule has 0 N–H and O–H groups in total. The first-order chi connectivity index (χ1) is 7.03. The highest BCUT2D eigenvalue weighted by atomic mass is 17.0. The summed E-state index contributed by atoms with van der Waals surface area (Å²) in [7, 11) is 0. The van der Waals surface area contributed by atoms with Gasteiger partial charge in [0, 0.05) is 6.54 Å². The van der Waals surface area contributed by atoms with E-state index < -0.39 is 16.8 Å². The second-order valence-electron chi connectivity index (χ2n) is 4.03. The number of amides is 1. The summed E-state index contributed by atoms with van der Waals surface area (Å²) in [4.78, 5) is 27.4. The smallest absolute Gasteiger partial charge is 0.410 e. The topological polar surface area (TPSA) is 81.9 Å². The third-order valence-corrected chi connectivity index (χ3v) is 2.97. The van der Waals surface area contributed by atoms with Gasteiger partial charge in [0.2, 0.25) is 0 Å². The first-order valence-corrected chi connectivity index (χ1v) is 4.80. The molecule has 2 aliphatic rings. The molecule has 0 aromatic rings. The monoisotopic (exact) mass is 216 g/mol. The Bertz CT molecular complexity index is 307. The molecular weight excluding hydrogens is 204 g/mol. The lowest BCUT2D eigenvalue weighted by Gasteiger charge is -2.26. The molecule has 0 spiro atoms. The van der Waals surface area contributed by atoms with Crippen molar-refractivity contribution >= 4 is 6.09 Å². The molecule has 2 atom stereocenters. The van der Waals surface area contributed by atoms with Crippen molar-refractivity contribution in [1.82, 2.24) is 4.90 Å². The van der Waals surface area contributed by atoms with Crippen molar-refractivity contribution in [3.05, 3.63) is 10.1 Å². The molecule has 0 bridgehead atoms. The third kappa shape index (κ3) is 1.57. The van der Waals surface area contributed by atoms with E-state index in [1.165, 1.54) is 0 Å². The minimum absolute atomic E-state index is 0.0926. The van der Waals surface area contributed by atoms with E-state index in [0.717, 1.165) is 12.8 Å². The van der Waals surface area contributed by atoms with Crippen LogP contribution in [0.15, 0.2) is 0 Å². The number of cyclic esters (lactones) is 1. The van der Waals surface area contributed by atoms with Crippen LogP contribution >= 0.6 is 0 Å². The molecule has 0 radical (unpaired) electrons. The summed E-state index contributed by atoms with van der Waals surface area (Å²) in [6, 6.07) is -0.0926. The minimum Gasteiger partial charge on any atom is -0.439 e. The largest absolute Gasteiger partial charge is 0.439 e. The zero-order valence-electron chi connectivity index (χ0n) is 8.34. The highest BCUT2D eigenvalue weighted by Gasteiger charge is 2.53. The van der Waals surface area contributed by atoms with Gasteiger partial charge in [-0.25, -0.2) is 4.79 Å². The number of ether oxygens (including phenoxy) is 1. The fourth-order valence-corrected chi connectivity index (χ4v) is 2.25.